The highest BCUT2D eigenvalue weighted by Crippen LogP contribution is 2.36. The number of aromatic nitrogens is 2. The van der Waals surface area contributed by atoms with Gasteiger partial charge in [-0.3, -0.25) is 9.59 Å². The topological polar surface area (TPSA) is 94.8 Å². The molecule has 0 saturated heterocycles. The van der Waals surface area contributed by atoms with Gasteiger partial charge in [-0.1, -0.05) is 46.9 Å². The lowest BCUT2D eigenvalue weighted by Crippen LogP contribution is -2.22. The summed E-state index contributed by atoms with van der Waals surface area (Å²) in [5, 5.41) is 7.60. The normalized spacial score (nSPS) is 11.2. The summed E-state index contributed by atoms with van der Waals surface area (Å²) in [5.41, 5.74) is 1.16. The van der Waals surface area contributed by atoms with Crippen LogP contribution in [-0.4, -0.2) is 35.5 Å². The molecule has 0 spiro atoms. The van der Waals surface area contributed by atoms with Crippen LogP contribution in [0.5, 0.6) is 11.5 Å². The van der Waals surface area contributed by atoms with Gasteiger partial charge in [-0.05, 0) is 60.5 Å². The van der Waals surface area contributed by atoms with Gasteiger partial charge in [0.15, 0.2) is 18.1 Å². The first-order chi connectivity index (χ1) is 18.8. The maximum atomic E-state index is 13.4. The molecule has 4 rings (SSSR count). The Morgan fingerprint density at radius 2 is 2.05 bits per heavy atom. The van der Waals surface area contributed by atoms with Crippen LogP contribution in [0.25, 0.3) is 10.9 Å². The van der Waals surface area contributed by atoms with Crippen molar-refractivity contribution < 1.29 is 18.7 Å². The van der Waals surface area contributed by atoms with Crippen molar-refractivity contribution >= 4 is 56.2 Å². The summed E-state index contributed by atoms with van der Waals surface area (Å²) in [6.07, 6.45) is 3.86. The van der Waals surface area contributed by atoms with E-state index in [1.807, 2.05) is 6.07 Å². The summed E-state index contributed by atoms with van der Waals surface area (Å²) in [5.74, 6) is 0.00200. The number of nitrogens with one attached hydrogen (secondary N) is 1. The fourth-order valence-corrected chi connectivity index (χ4v) is 4.43. The summed E-state index contributed by atoms with van der Waals surface area (Å²) in [7, 11) is 1.44. The van der Waals surface area contributed by atoms with Gasteiger partial charge < -0.3 is 14.8 Å². The van der Waals surface area contributed by atoms with Crippen LogP contribution in [0.15, 0.2) is 69.0 Å². The Labute approximate surface area is 237 Å². The van der Waals surface area contributed by atoms with Gasteiger partial charge in [-0.15, -0.1) is 0 Å². The average Bonchev–Trinajstić information content (AvgIpc) is 2.91. The molecule has 1 N–H and O–H groups in total. The van der Waals surface area contributed by atoms with E-state index in [0.29, 0.717) is 34.4 Å². The molecule has 1 amide bonds. The fourth-order valence-electron chi connectivity index (χ4n) is 3.79. The molecule has 0 aliphatic heterocycles. The first-order valence-corrected chi connectivity index (χ1v) is 13.3. The molecule has 11 heteroatoms. The van der Waals surface area contributed by atoms with E-state index < -0.39 is 11.7 Å². The largest absolute Gasteiger partial charge is 0.493 e. The molecule has 39 heavy (non-hydrogen) atoms. The lowest BCUT2D eigenvalue weighted by Gasteiger charge is -2.13. The third-order valence-corrected chi connectivity index (χ3v) is 6.43. The molecular weight excluding hydrogens is 591 g/mol. The lowest BCUT2D eigenvalue weighted by atomic mass is 10.2. The molecule has 4 aromatic rings. The Bertz CT molecular complexity index is 1610. The Hall–Kier alpha value is -3.76. The van der Waals surface area contributed by atoms with Crippen LogP contribution >= 0.6 is 27.5 Å². The van der Waals surface area contributed by atoms with Gasteiger partial charge in [-0.2, -0.15) is 9.78 Å². The van der Waals surface area contributed by atoms with Gasteiger partial charge in [0, 0.05) is 16.6 Å². The SMILES string of the molecule is CCCCc1nc2ccc(Br)cc2c(=O)n1N=Cc1cc(Cl)c(OCC(=O)Nc2cccc(F)c2)c(OC)c1. The number of rotatable bonds is 10. The number of carbonyl (C=O) groups excluding carboxylic acids is 1. The summed E-state index contributed by atoms with van der Waals surface area (Å²) >= 11 is 9.86. The van der Waals surface area contributed by atoms with E-state index in [1.54, 1.807) is 30.3 Å². The van der Waals surface area contributed by atoms with E-state index in [1.165, 1.54) is 36.2 Å². The molecule has 0 unspecified atom stereocenters. The molecule has 0 aliphatic rings. The van der Waals surface area contributed by atoms with E-state index in [2.05, 4.69) is 38.3 Å². The van der Waals surface area contributed by atoms with Gasteiger partial charge in [0.1, 0.15) is 11.6 Å². The van der Waals surface area contributed by atoms with Gasteiger partial charge in [0.2, 0.25) is 0 Å². The molecule has 1 heterocycles. The molecule has 1 aromatic heterocycles. The second-order valence-electron chi connectivity index (χ2n) is 8.54. The maximum Gasteiger partial charge on any atom is 0.282 e. The molecule has 0 bridgehead atoms. The van der Waals surface area contributed by atoms with E-state index in [9.17, 15) is 14.0 Å². The predicted octanol–water partition coefficient (Wildman–Crippen LogP) is 6.20. The van der Waals surface area contributed by atoms with E-state index in [-0.39, 0.29) is 28.7 Å². The number of unbranched alkanes of at least 4 members (excludes halogenated alkanes) is 1. The van der Waals surface area contributed by atoms with Crippen LogP contribution in [0.1, 0.15) is 31.2 Å². The minimum atomic E-state index is -0.501. The number of fused-ring (bicyclic) bond motifs is 1. The van der Waals surface area contributed by atoms with Crippen molar-refractivity contribution in [3.05, 3.63) is 91.7 Å². The first-order valence-electron chi connectivity index (χ1n) is 12.1. The lowest BCUT2D eigenvalue weighted by molar-refractivity contribution is -0.118. The molecule has 202 valence electrons. The summed E-state index contributed by atoms with van der Waals surface area (Å²) in [6.45, 7) is 1.68. The van der Waals surface area contributed by atoms with Crippen molar-refractivity contribution in [2.75, 3.05) is 19.0 Å². The van der Waals surface area contributed by atoms with Crippen LogP contribution in [0.4, 0.5) is 10.1 Å². The van der Waals surface area contributed by atoms with Crippen LogP contribution < -0.4 is 20.3 Å². The maximum absolute atomic E-state index is 13.4. The summed E-state index contributed by atoms with van der Waals surface area (Å²) < 4.78 is 26.4. The van der Waals surface area contributed by atoms with Gasteiger partial charge in [-0.25, -0.2) is 9.37 Å². The summed E-state index contributed by atoms with van der Waals surface area (Å²) in [6, 6.07) is 14.1. The zero-order valence-corrected chi connectivity index (χ0v) is 23.6. The Morgan fingerprint density at radius 3 is 2.79 bits per heavy atom. The van der Waals surface area contributed by atoms with Crippen molar-refractivity contribution in [3.8, 4) is 11.5 Å². The molecule has 0 saturated carbocycles. The molecular formula is C28H25BrClFN4O4. The number of nitrogens with zero attached hydrogens (tertiary/aromatic N) is 3. The fraction of sp³-hybridized carbons (Fsp3) is 0.214. The number of methoxy groups -OCH3 is 1. The number of amides is 1. The molecule has 0 fully saturated rings. The van der Waals surface area contributed by atoms with Crippen molar-refractivity contribution in [3.63, 3.8) is 0 Å². The second-order valence-corrected chi connectivity index (χ2v) is 9.86. The highest BCUT2D eigenvalue weighted by molar-refractivity contribution is 9.10. The molecule has 0 atom stereocenters. The van der Waals surface area contributed by atoms with Crippen molar-refractivity contribution in [2.24, 2.45) is 5.10 Å². The van der Waals surface area contributed by atoms with Crippen LogP contribution in [0.3, 0.4) is 0 Å². The first kappa shape index (κ1) is 28.3. The number of hydrogen-bond acceptors (Lipinski definition) is 6. The smallest absolute Gasteiger partial charge is 0.282 e. The van der Waals surface area contributed by atoms with E-state index >= 15 is 0 Å². The monoisotopic (exact) mass is 614 g/mol. The minimum absolute atomic E-state index is 0.156. The molecule has 0 radical (unpaired) electrons. The number of hydrogen-bond donors (Lipinski definition) is 1. The Kier molecular flexibility index (Phi) is 9.32. The zero-order chi connectivity index (χ0) is 27.9. The summed E-state index contributed by atoms with van der Waals surface area (Å²) in [4.78, 5) is 30.2. The number of carbonyl (C=O) groups is 1. The van der Waals surface area contributed by atoms with Crippen molar-refractivity contribution in [1.82, 2.24) is 9.66 Å². The zero-order valence-electron chi connectivity index (χ0n) is 21.2. The number of anilines is 1. The number of halogens is 3. The number of ether oxygens (including phenoxy) is 2. The Balaban J connectivity index is 1.58. The molecule has 0 aliphatic carbocycles. The Morgan fingerprint density at radius 1 is 1.23 bits per heavy atom. The van der Waals surface area contributed by atoms with E-state index in [4.69, 9.17) is 21.1 Å². The third-order valence-electron chi connectivity index (χ3n) is 5.66. The van der Waals surface area contributed by atoms with Crippen LogP contribution in [0, 0.1) is 5.82 Å². The minimum Gasteiger partial charge on any atom is -0.493 e. The molecule has 3 aromatic carbocycles. The van der Waals surface area contributed by atoms with Crippen molar-refractivity contribution in [1.29, 1.82) is 0 Å². The molecule has 8 nitrogen and oxygen atoms in total. The van der Waals surface area contributed by atoms with Gasteiger partial charge in [0.05, 0.1) is 29.2 Å². The number of benzene rings is 3. The van der Waals surface area contributed by atoms with Crippen LogP contribution in [0.2, 0.25) is 5.02 Å². The van der Waals surface area contributed by atoms with E-state index in [0.717, 1.165) is 17.3 Å². The van der Waals surface area contributed by atoms with Gasteiger partial charge >= 0.3 is 0 Å². The predicted molar refractivity (Wildman–Crippen MR) is 154 cm³/mol. The van der Waals surface area contributed by atoms with Crippen LogP contribution in [-0.2, 0) is 11.2 Å². The third kappa shape index (κ3) is 7.01. The average molecular weight is 616 g/mol. The highest BCUT2D eigenvalue weighted by Gasteiger charge is 2.15. The highest BCUT2D eigenvalue weighted by atomic mass is 79.9. The second kappa shape index (κ2) is 12.9. The van der Waals surface area contributed by atoms with Crippen molar-refractivity contribution in [2.45, 2.75) is 26.2 Å². The standard InChI is InChI=1S/C28H25BrClFN4O4/c1-3-4-8-25-34-23-10-9-18(29)13-21(23)28(37)35(25)32-15-17-11-22(30)27(24(12-17)38-2)39-16-26(36)33-20-7-5-6-19(31)14-20/h5-7,9-15H,3-4,8,16H2,1-2H3,(H,33,36). The number of aryl methyl sites for hydroxylation is 1. The van der Waals surface area contributed by atoms with Gasteiger partial charge in [0.25, 0.3) is 11.5 Å². The quantitative estimate of drug-likeness (QED) is 0.214.